The third-order valence-electron chi connectivity index (χ3n) is 4.47. The summed E-state index contributed by atoms with van der Waals surface area (Å²) in [7, 11) is 0. The molecule has 1 aromatic heterocycles. The third-order valence-corrected chi connectivity index (χ3v) is 4.47. The highest BCUT2D eigenvalue weighted by Gasteiger charge is 2.24. The van der Waals surface area contributed by atoms with Crippen molar-refractivity contribution in [1.29, 1.82) is 0 Å². The molecule has 1 aliphatic heterocycles. The highest BCUT2D eigenvalue weighted by molar-refractivity contribution is 6.00. The SMILES string of the molecule is C[C@@H]1CCCCN1C(=O)Cn1nc(C(=O)[O-])c2ccccc2c1=O. The van der Waals surface area contributed by atoms with E-state index < -0.39 is 11.5 Å². The first-order valence-corrected chi connectivity index (χ1v) is 7.99. The lowest BCUT2D eigenvalue weighted by atomic mass is 10.0. The van der Waals surface area contributed by atoms with E-state index in [-0.39, 0.29) is 35.0 Å². The maximum Gasteiger partial charge on any atom is 0.275 e. The number of aromatic carboxylic acids is 1. The van der Waals surface area contributed by atoms with Crippen molar-refractivity contribution in [3.05, 3.63) is 40.3 Å². The molecule has 7 heteroatoms. The molecule has 0 aliphatic carbocycles. The molecule has 1 aliphatic rings. The lowest BCUT2D eigenvalue weighted by Crippen LogP contribution is -2.45. The van der Waals surface area contributed by atoms with Gasteiger partial charge in [0.1, 0.15) is 12.2 Å². The Balaban J connectivity index is 2.00. The van der Waals surface area contributed by atoms with Crippen molar-refractivity contribution >= 4 is 22.6 Å². The quantitative estimate of drug-likeness (QED) is 0.800. The zero-order valence-corrected chi connectivity index (χ0v) is 13.4. The molecule has 7 nitrogen and oxygen atoms in total. The number of benzene rings is 1. The van der Waals surface area contributed by atoms with Crippen LogP contribution in [0.3, 0.4) is 0 Å². The van der Waals surface area contributed by atoms with Gasteiger partial charge in [0.25, 0.3) is 5.56 Å². The van der Waals surface area contributed by atoms with E-state index in [0.717, 1.165) is 23.9 Å². The Labute approximate surface area is 138 Å². The standard InChI is InChI=1S/C17H19N3O4/c1-11-6-4-5-9-19(11)14(21)10-20-16(22)13-8-3-2-7-12(13)15(18-20)17(23)24/h2-3,7-8,11H,4-6,9-10H2,1H3,(H,23,24)/p-1/t11-/m1/s1. The molecular weight excluding hydrogens is 310 g/mol. The number of hydrogen-bond acceptors (Lipinski definition) is 5. The molecule has 1 saturated heterocycles. The second-order valence-corrected chi connectivity index (χ2v) is 6.08. The lowest BCUT2D eigenvalue weighted by molar-refractivity contribution is -0.255. The number of carboxylic acid groups (broad SMARTS) is 1. The summed E-state index contributed by atoms with van der Waals surface area (Å²) in [5.74, 6) is -1.70. The highest BCUT2D eigenvalue weighted by Crippen LogP contribution is 2.17. The van der Waals surface area contributed by atoms with Crippen molar-refractivity contribution in [2.24, 2.45) is 0 Å². The molecule has 0 bridgehead atoms. The molecule has 0 unspecified atom stereocenters. The van der Waals surface area contributed by atoms with Crippen LogP contribution in [0.5, 0.6) is 0 Å². The number of aromatic nitrogens is 2. The monoisotopic (exact) mass is 328 g/mol. The number of fused-ring (bicyclic) bond motifs is 1. The highest BCUT2D eigenvalue weighted by atomic mass is 16.4. The summed E-state index contributed by atoms with van der Waals surface area (Å²) in [6, 6.07) is 6.41. The Bertz CT molecular complexity index is 859. The second-order valence-electron chi connectivity index (χ2n) is 6.08. The van der Waals surface area contributed by atoms with Crippen LogP contribution in [0.4, 0.5) is 0 Å². The van der Waals surface area contributed by atoms with Crippen molar-refractivity contribution in [3.8, 4) is 0 Å². The van der Waals surface area contributed by atoms with E-state index in [0.29, 0.717) is 6.54 Å². The van der Waals surface area contributed by atoms with Crippen LogP contribution >= 0.6 is 0 Å². The predicted molar refractivity (Wildman–Crippen MR) is 85.4 cm³/mol. The number of rotatable bonds is 3. The number of amides is 1. The van der Waals surface area contributed by atoms with Crippen molar-refractivity contribution in [2.45, 2.75) is 38.8 Å². The van der Waals surface area contributed by atoms with Crippen LogP contribution < -0.4 is 10.7 Å². The molecule has 0 radical (unpaired) electrons. The second kappa shape index (κ2) is 6.43. The molecule has 1 atom stereocenters. The van der Waals surface area contributed by atoms with E-state index in [1.54, 1.807) is 17.0 Å². The molecule has 2 aromatic rings. The predicted octanol–water partition coefficient (Wildman–Crippen LogP) is 0.161. The average Bonchev–Trinajstić information content (AvgIpc) is 2.57. The summed E-state index contributed by atoms with van der Waals surface area (Å²) in [4.78, 5) is 38.1. The van der Waals surface area contributed by atoms with E-state index in [1.165, 1.54) is 12.1 Å². The van der Waals surface area contributed by atoms with Crippen molar-refractivity contribution in [3.63, 3.8) is 0 Å². The Morgan fingerprint density at radius 3 is 2.62 bits per heavy atom. The molecule has 126 valence electrons. The molecule has 1 aromatic carbocycles. The summed E-state index contributed by atoms with van der Waals surface area (Å²) in [6.07, 6.45) is 2.93. The van der Waals surface area contributed by atoms with Crippen molar-refractivity contribution in [1.82, 2.24) is 14.7 Å². The number of likely N-dealkylation sites (tertiary alicyclic amines) is 1. The van der Waals surface area contributed by atoms with Gasteiger partial charge in [-0.3, -0.25) is 9.59 Å². The van der Waals surface area contributed by atoms with E-state index in [9.17, 15) is 19.5 Å². The average molecular weight is 328 g/mol. The van der Waals surface area contributed by atoms with Gasteiger partial charge >= 0.3 is 0 Å². The fourth-order valence-electron chi connectivity index (χ4n) is 3.18. The van der Waals surface area contributed by atoms with Gasteiger partial charge in [-0.05, 0) is 32.3 Å². The zero-order chi connectivity index (χ0) is 17.3. The summed E-state index contributed by atoms with van der Waals surface area (Å²) in [6.45, 7) is 2.35. The first-order valence-electron chi connectivity index (χ1n) is 7.99. The minimum absolute atomic E-state index is 0.114. The first kappa shape index (κ1) is 16.2. The van der Waals surface area contributed by atoms with Crippen LogP contribution in [0.1, 0.15) is 36.7 Å². The molecule has 1 amide bonds. The minimum atomic E-state index is -1.47. The fraction of sp³-hybridized carbons (Fsp3) is 0.412. The van der Waals surface area contributed by atoms with E-state index in [4.69, 9.17) is 0 Å². The van der Waals surface area contributed by atoms with E-state index in [1.807, 2.05) is 6.92 Å². The number of nitrogens with zero attached hydrogens (tertiary/aromatic N) is 3. The van der Waals surface area contributed by atoms with Gasteiger partial charge in [0.15, 0.2) is 0 Å². The number of carbonyl (C=O) groups is 2. The topological polar surface area (TPSA) is 95.3 Å². The van der Waals surface area contributed by atoms with Crippen LogP contribution in [-0.2, 0) is 11.3 Å². The van der Waals surface area contributed by atoms with Crippen LogP contribution in [0.25, 0.3) is 10.8 Å². The van der Waals surface area contributed by atoms with E-state index in [2.05, 4.69) is 5.10 Å². The Kier molecular flexibility index (Phi) is 4.33. The van der Waals surface area contributed by atoms with Gasteiger partial charge in [-0.25, -0.2) is 4.68 Å². The largest absolute Gasteiger partial charge is 0.543 e. The zero-order valence-electron chi connectivity index (χ0n) is 13.4. The number of carboxylic acids is 1. The van der Waals surface area contributed by atoms with Crippen LogP contribution in [0, 0.1) is 0 Å². The normalized spacial score (nSPS) is 17.9. The summed E-state index contributed by atoms with van der Waals surface area (Å²) < 4.78 is 0.928. The minimum Gasteiger partial charge on any atom is -0.543 e. The molecule has 24 heavy (non-hydrogen) atoms. The fourth-order valence-corrected chi connectivity index (χ4v) is 3.18. The maximum absolute atomic E-state index is 12.5. The molecule has 1 fully saturated rings. The van der Waals surface area contributed by atoms with Gasteiger partial charge in [0.2, 0.25) is 5.91 Å². The third kappa shape index (κ3) is 2.89. The summed E-state index contributed by atoms with van der Waals surface area (Å²) >= 11 is 0. The Morgan fingerprint density at radius 2 is 1.96 bits per heavy atom. The van der Waals surface area contributed by atoms with Crippen LogP contribution in [-0.4, -0.2) is 39.1 Å². The van der Waals surface area contributed by atoms with Gasteiger partial charge in [-0.1, -0.05) is 18.2 Å². The van der Waals surface area contributed by atoms with Crippen molar-refractivity contribution in [2.75, 3.05) is 6.54 Å². The van der Waals surface area contributed by atoms with Gasteiger partial charge in [-0.2, -0.15) is 5.10 Å². The van der Waals surface area contributed by atoms with Gasteiger partial charge in [0.05, 0.1) is 11.4 Å². The van der Waals surface area contributed by atoms with Crippen molar-refractivity contribution < 1.29 is 14.7 Å². The van der Waals surface area contributed by atoms with Gasteiger partial charge in [-0.15, -0.1) is 0 Å². The van der Waals surface area contributed by atoms with Crippen LogP contribution in [0.2, 0.25) is 0 Å². The molecule has 3 rings (SSSR count). The molecule has 0 saturated carbocycles. The molecular formula is C17H18N3O4-. The first-order chi connectivity index (χ1) is 11.5. The molecule has 0 N–H and O–H groups in total. The smallest absolute Gasteiger partial charge is 0.275 e. The van der Waals surface area contributed by atoms with Gasteiger partial charge < -0.3 is 14.8 Å². The lowest BCUT2D eigenvalue weighted by Gasteiger charge is -2.33. The van der Waals surface area contributed by atoms with Gasteiger partial charge in [0, 0.05) is 18.0 Å². The Hall–Kier alpha value is -2.70. The van der Waals surface area contributed by atoms with Crippen LogP contribution in [0.15, 0.2) is 29.1 Å². The molecule has 0 spiro atoms. The maximum atomic E-state index is 12.5. The molecule has 2 heterocycles. The summed E-state index contributed by atoms with van der Waals surface area (Å²) in [5.41, 5.74) is -0.807. The summed E-state index contributed by atoms with van der Waals surface area (Å²) in [5, 5.41) is 15.6. The number of carbonyl (C=O) groups excluding carboxylic acids is 2. The number of piperidine rings is 1. The Morgan fingerprint density at radius 1 is 1.25 bits per heavy atom. The number of hydrogen-bond donors (Lipinski definition) is 0. The van der Waals surface area contributed by atoms with E-state index >= 15 is 0 Å².